The van der Waals surface area contributed by atoms with Crippen molar-refractivity contribution in [1.29, 1.82) is 0 Å². The fraction of sp³-hybridized carbons (Fsp3) is 0.550. The van der Waals surface area contributed by atoms with E-state index in [0.717, 1.165) is 51.3 Å². The van der Waals surface area contributed by atoms with Crippen LogP contribution in [-0.2, 0) is 19.3 Å². The molecule has 1 aliphatic carbocycles. The molecular weight excluding hydrogens is 351 g/mol. The molecule has 142 valence electrons. The normalized spacial score (nSPS) is 17.7. The first-order valence-electron chi connectivity index (χ1n) is 9.57. The Morgan fingerprint density at radius 1 is 1.00 bits per heavy atom. The van der Waals surface area contributed by atoms with Crippen LogP contribution in [-0.4, -0.2) is 47.8 Å². The van der Waals surface area contributed by atoms with Crippen LogP contribution in [0.5, 0.6) is 0 Å². The van der Waals surface area contributed by atoms with Crippen molar-refractivity contribution < 1.29 is 4.39 Å². The number of aryl methyl sites for hydroxylation is 2. The lowest BCUT2D eigenvalue weighted by Gasteiger charge is -2.36. The number of fused-ring (bicyclic) bond motifs is 1. The molecule has 0 atom stereocenters. The van der Waals surface area contributed by atoms with Crippen LogP contribution in [0.3, 0.4) is 0 Å². The molecule has 4 rings (SSSR count). The maximum absolute atomic E-state index is 13.0. The van der Waals surface area contributed by atoms with Crippen LogP contribution in [0.4, 0.5) is 10.1 Å². The summed E-state index contributed by atoms with van der Waals surface area (Å²) in [5.74, 6) is -0.164. The molecule has 1 N–H and O–H groups in total. The fourth-order valence-electron chi connectivity index (χ4n) is 4.11. The van der Waals surface area contributed by atoms with Gasteiger partial charge < -0.3 is 4.90 Å². The second-order valence-electron chi connectivity index (χ2n) is 7.24. The van der Waals surface area contributed by atoms with E-state index in [9.17, 15) is 4.39 Å². The van der Waals surface area contributed by atoms with Gasteiger partial charge in [-0.05, 0) is 74.9 Å². The predicted molar refractivity (Wildman–Crippen MR) is 106 cm³/mol. The fourth-order valence-corrected chi connectivity index (χ4v) is 4.11. The summed E-state index contributed by atoms with van der Waals surface area (Å²) < 4.78 is 13.0. The highest BCUT2D eigenvalue weighted by atomic mass is 35.5. The quantitative estimate of drug-likeness (QED) is 0.863. The van der Waals surface area contributed by atoms with Gasteiger partial charge in [0, 0.05) is 37.6 Å². The number of piperazine rings is 1. The summed E-state index contributed by atoms with van der Waals surface area (Å²) in [6.45, 7) is 5.35. The summed E-state index contributed by atoms with van der Waals surface area (Å²) in [6, 6.07) is 6.86. The molecule has 2 aliphatic rings. The lowest BCUT2D eigenvalue weighted by Crippen LogP contribution is -2.46. The maximum atomic E-state index is 13.0. The molecule has 0 saturated carbocycles. The molecule has 2 aromatic rings. The number of hydrogen-bond acceptors (Lipinski definition) is 3. The van der Waals surface area contributed by atoms with Crippen molar-refractivity contribution >= 4 is 18.1 Å². The van der Waals surface area contributed by atoms with E-state index in [-0.39, 0.29) is 18.2 Å². The first-order valence-corrected chi connectivity index (χ1v) is 9.57. The molecule has 1 aromatic heterocycles. The summed E-state index contributed by atoms with van der Waals surface area (Å²) in [4.78, 5) is 4.89. The van der Waals surface area contributed by atoms with E-state index in [0.29, 0.717) is 0 Å². The zero-order valence-corrected chi connectivity index (χ0v) is 16.0. The molecule has 1 fully saturated rings. The molecule has 1 aliphatic heterocycles. The van der Waals surface area contributed by atoms with Crippen LogP contribution < -0.4 is 4.90 Å². The van der Waals surface area contributed by atoms with Crippen molar-refractivity contribution in [3.05, 3.63) is 47.0 Å². The summed E-state index contributed by atoms with van der Waals surface area (Å²) in [5.41, 5.74) is 5.33. The number of nitrogens with one attached hydrogen (secondary N) is 1. The van der Waals surface area contributed by atoms with Gasteiger partial charge in [0.15, 0.2) is 0 Å². The smallest absolute Gasteiger partial charge is 0.123 e. The molecule has 1 saturated heterocycles. The van der Waals surface area contributed by atoms with Crippen molar-refractivity contribution in [2.75, 3.05) is 37.6 Å². The number of H-pyrrole nitrogens is 1. The molecule has 0 amide bonds. The minimum Gasteiger partial charge on any atom is -0.369 e. The molecular formula is C20H28ClFN4. The molecule has 0 bridgehead atoms. The van der Waals surface area contributed by atoms with E-state index in [2.05, 4.69) is 20.0 Å². The van der Waals surface area contributed by atoms with Crippen LogP contribution in [0.2, 0.25) is 0 Å². The van der Waals surface area contributed by atoms with Gasteiger partial charge in [0.2, 0.25) is 0 Å². The van der Waals surface area contributed by atoms with Gasteiger partial charge in [0.25, 0.3) is 0 Å². The van der Waals surface area contributed by atoms with E-state index in [1.165, 1.54) is 42.6 Å². The van der Waals surface area contributed by atoms with Gasteiger partial charge in [-0.3, -0.25) is 10.00 Å². The molecule has 2 heterocycles. The molecule has 6 heteroatoms. The second-order valence-corrected chi connectivity index (χ2v) is 7.24. The zero-order valence-electron chi connectivity index (χ0n) is 15.2. The van der Waals surface area contributed by atoms with Gasteiger partial charge in [-0.2, -0.15) is 5.10 Å². The third kappa shape index (κ3) is 4.38. The Hall–Kier alpha value is -1.59. The Labute approximate surface area is 161 Å². The number of halogens is 2. The molecule has 26 heavy (non-hydrogen) atoms. The number of hydrogen-bond donors (Lipinski definition) is 1. The Balaban J connectivity index is 0.00000196. The second kappa shape index (κ2) is 8.87. The van der Waals surface area contributed by atoms with Crippen LogP contribution >= 0.6 is 12.4 Å². The summed E-state index contributed by atoms with van der Waals surface area (Å²) in [7, 11) is 0. The Morgan fingerprint density at radius 2 is 1.73 bits per heavy atom. The third-order valence-electron chi connectivity index (χ3n) is 5.59. The highest BCUT2D eigenvalue weighted by molar-refractivity contribution is 5.85. The lowest BCUT2D eigenvalue weighted by atomic mass is 9.94. The average Bonchev–Trinajstić information content (AvgIpc) is 3.06. The average molecular weight is 379 g/mol. The minimum atomic E-state index is -0.164. The van der Waals surface area contributed by atoms with E-state index in [4.69, 9.17) is 0 Å². The summed E-state index contributed by atoms with van der Waals surface area (Å²) in [6.07, 6.45) is 7.25. The van der Waals surface area contributed by atoms with Crippen LogP contribution in [0.1, 0.15) is 36.2 Å². The third-order valence-corrected chi connectivity index (χ3v) is 5.59. The van der Waals surface area contributed by atoms with Gasteiger partial charge >= 0.3 is 0 Å². The standard InChI is InChI=1S/C20H27FN4.ClH/c21-16-7-9-17(10-8-16)25-14-12-24(13-15-25)11-3-6-20-18-4-1-2-5-19(18)22-23-20;/h7-10H,1-6,11-15H2,(H,22,23);1H. The number of anilines is 1. The minimum absolute atomic E-state index is 0. The SMILES string of the molecule is Cl.Fc1ccc(N2CCN(CCCc3[nH]nc4c3CCCC4)CC2)cc1. The Kier molecular flexibility index (Phi) is 6.54. The number of benzene rings is 1. The number of aromatic nitrogens is 2. The molecule has 0 unspecified atom stereocenters. The Bertz CT molecular complexity index is 692. The van der Waals surface area contributed by atoms with Crippen molar-refractivity contribution in [1.82, 2.24) is 15.1 Å². The molecule has 4 nitrogen and oxygen atoms in total. The monoisotopic (exact) mass is 378 g/mol. The molecule has 0 spiro atoms. The number of nitrogens with zero attached hydrogens (tertiary/aromatic N) is 3. The number of aromatic amines is 1. The summed E-state index contributed by atoms with van der Waals surface area (Å²) in [5, 5.41) is 7.78. The van der Waals surface area contributed by atoms with Gasteiger partial charge in [-0.1, -0.05) is 0 Å². The lowest BCUT2D eigenvalue weighted by molar-refractivity contribution is 0.255. The molecule has 0 radical (unpaired) electrons. The number of rotatable bonds is 5. The van der Waals surface area contributed by atoms with Crippen molar-refractivity contribution in [2.45, 2.75) is 38.5 Å². The molecule has 1 aromatic carbocycles. The predicted octanol–water partition coefficient (Wildman–Crippen LogP) is 3.60. The zero-order chi connectivity index (χ0) is 17.1. The van der Waals surface area contributed by atoms with E-state index in [1.807, 2.05) is 12.1 Å². The highest BCUT2D eigenvalue weighted by Crippen LogP contribution is 2.23. The van der Waals surface area contributed by atoms with Crippen molar-refractivity contribution in [2.24, 2.45) is 0 Å². The first kappa shape index (κ1) is 19.2. The van der Waals surface area contributed by atoms with Crippen molar-refractivity contribution in [3.63, 3.8) is 0 Å². The van der Waals surface area contributed by atoms with Gasteiger partial charge in [-0.25, -0.2) is 4.39 Å². The van der Waals surface area contributed by atoms with Crippen molar-refractivity contribution in [3.8, 4) is 0 Å². The van der Waals surface area contributed by atoms with E-state index >= 15 is 0 Å². The van der Waals surface area contributed by atoms with E-state index < -0.39 is 0 Å². The van der Waals surface area contributed by atoms with Crippen LogP contribution in [0, 0.1) is 5.82 Å². The van der Waals surface area contributed by atoms with Gasteiger partial charge in [0.1, 0.15) is 5.82 Å². The van der Waals surface area contributed by atoms with Crippen LogP contribution in [0.25, 0.3) is 0 Å². The van der Waals surface area contributed by atoms with Gasteiger partial charge in [0.05, 0.1) is 5.69 Å². The highest BCUT2D eigenvalue weighted by Gasteiger charge is 2.19. The topological polar surface area (TPSA) is 35.2 Å². The van der Waals surface area contributed by atoms with Crippen LogP contribution in [0.15, 0.2) is 24.3 Å². The maximum Gasteiger partial charge on any atom is 0.123 e. The van der Waals surface area contributed by atoms with Gasteiger partial charge in [-0.15, -0.1) is 12.4 Å². The van der Waals surface area contributed by atoms with E-state index in [1.54, 1.807) is 12.1 Å². The first-order chi connectivity index (χ1) is 12.3. The largest absolute Gasteiger partial charge is 0.369 e. The Morgan fingerprint density at radius 3 is 2.50 bits per heavy atom. The summed E-state index contributed by atoms with van der Waals surface area (Å²) >= 11 is 0.